The Hall–Kier alpha value is -0.900. The second-order valence-corrected chi connectivity index (χ2v) is 20.6. The predicted octanol–water partition coefficient (Wildman–Crippen LogP) is 0.853. The first-order chi connectivity index (χ1) is 28.5. The molecular weight excluding hydrogens is 784 g/mol. The lowest BCUT2D eigenvalue weighted by atomic mass is 9.47. The summed E-state index contributed by atoms with van der Waals surface area (Å²) in [5, 5.41) is 84.8. The summed E-state index contributed by atoms with van der Waals surface area (Å²) in [5.41, 5.74) is 1.54. The third kappa shape index (κ3) is 7.10. The van der Waals surface area contributed by atoms with Crippen molar-refractivity contribution in [3.05, 3.63) is 11.6 Å². The first kappa shape index (κ1) is 44.3. The molecular formula is C44H70O16. The Bertz CT molecular complexity index is 1560. The van der Waals surface area contributed by atoms with E-state index in [0.717, 1.165) is 45.1 Å². The van der Waals surface area contributed by atoms with E-state index in [1.54, 1.807) is 0 Å². The van der Waals surface area contributed by atoms with Crippen LogP contribution in [0.25, 0.3) is 0 Å². The zero-order valence-corrected chi connectivity index (χ0v) is 35.6. The summed E-state index contributed by atoms with van der Waals surface area (Å²) < 4.78 is 49.9. The van der Waals surface area contributed by atoms with Crippen molar-refractivity contribution in [2.45, 2.75) is 196 Å². The maximum atomic E-state index is 11.9. The van der Waals surface area contributed by atoms with E-state index in [1.165, 1.54) is 18.9 Å². The lowest BCUT2D eigenvalue weighted by molar-refractivity contribution is -0.380. The molecule has 0 aromatic rings. The number of fused-ring (bicyclic) bond motifs is 7. The molecule has 1 spiro atoms. The Labute approximate surface area is 352 Å². The van der Waals surface area contributed by atoms with Crippen molar-refractivity contribution in [3.63, 3.8) is 0 Å². The van der Waals surface area contributed by atoms with E-state index in [0.29, 0.717) is 48.3 Å². The Morgan fingerprint density at radius 3 is 2.10 bits per heavy atom. The number of aliphatic hydroxyl groups is 8. The highest BCUT2D eigenvalue weighted by molar-refractivity contribution is 5.26. The van der Waals surface area contributed by atoms with Crippen LogP contribution in [0.15, 0.2) is 11.6 Å². The highest BCUT2D eigenvalue weighted by Gasteiger charge is 2.69. The molecule has 0 bridgehead atoms. The summed E-state index contributed by atoms with van der Waals surface area (Å²) in [7, 11) is 0. The number of allylic oxidation sites excluding steroid dienone is 1. The maximum absolute atomic E-state index is 11.9. The highest BCUT2D eigenvalue weighted by atomic mass is 16.8. The molecule has 5 aliphatic heterocycles. The molecule has 0 amide bonds. The second kappa shape index (κ2) is 16.5. The summed E-state index contributed by atoms with van der Waals surface area (Å²) in [4.78, 5) is 0. The molecule has 16 nitrogen and oxygen atoms in total. The molecule has 0 aromatic heterocycles. The average molecular weight is 855 g/mol. The van der Waals surface area contributed by atoms with Gasteiger partial charge in [0, 0.05) is 12.3 Å². The Balaban J connectivity index is 0.913. The Morgan fingerprint density at radius 1 is 0.700 bits per heavy atom. The van der Waals surface area contributed by atoms with Crippen molar-refractivity contribution in [2.24, 2.45) is 46.3 Å². The monoisotopic (exact) mass is 854 g/mol. The highest BCUT2D eigenvalue weighted by Crippen LogP contribution is 2.70. The minimum Gasteiger partial charge on any atom is -0.394 e. The summed E-state index contributed by atoms with van der Waals surface area (Å²) in [5.74, 6) is 2.65. The van der Waals surface area contributed by atoms with Crippen molar-refractivity contribution in [3.8, 4) is 0 Å². The van der Waals surface area contributed by atoms with Crippen LogP contribution in [-0.4, -0.2) is 165 Å². The number of hydrogen-bond donors (Lipinski definition) is 8. The number of rotatable bonds is 8. The van der Waals surface area contributed by atoms with Crippen LogP contribution in [0, 0.1) is 46.3 Å². The summed E-state index contributed by atoms with van der Waals surface area (Å²) in [6.07, 6.45) is -8.79. The Kier molecular flexibility index (Phi) is 12.2. The fourth-order valence-corrected chi connectivity index (χ4v) is 13.8. The minimum atomic E-state index is -1.70. The van der Waals surface area contributed by atoms with Gasteiger partial charge < -0.3 is 78.7 Å². The summed E-state index contributed by atoms with van der Waals surface area (Å²) in [6, 6.07) is 0. The lowest BCUT2D eigenvalue weighted by Crippen LogP contribution is -2.65. The van der Waals surface area contributed by atoms with Gasteiger partial charge in [-0.05, 0) is 98.7 Å². The van der Waals surface area contributed by atoms with Crippen LogP contribution in [0.1, 0.15) is 92.4 Å². The maximum Gasteiger partial charge on any atom is 0.187 e. The standard InChI is InChI=1S/C44H70O16/c1-19-8-13-44(53-18-19)20(2)30-27(60-44)15-26-24-7-6-22-14-23(9-11-42(22,4)25(24)10-12-43(26,30)5)55-41-38(59-39-35(51)33(49)31(47)21(3)54-39)36(52)37(29(17-46)57-41)58-40-34(50)32(48)28(16-45)56-40/h6,19-21,23-41,45-52H,7-18H2,1-5H3/t19?,20?,21?,23-,24?,25?,26?,27?,28-,29?,30?,31-,32+,33-,34?,35?,36-,37+,38?,39-,40-,41+,42-,43-,44?/m0/s1. The van der Waals surface area contributed by atoms with Crippen molar-refractivity contribution in [1.29, 1.82) is 0 Å². The fraction of sp³-hybridized carbons (Fsp3) is 0.955. The molecule has 60 heavy (non-hydrogen) atoms. The van der Waals surface area contributed by atoms with E-state index in [1.807, 2.05) is 0 Å². The first-order valence-corrected chi connectivity index (χ1v) is 22.8. The first-order valence-electron chi connectivity index (χ1n) is 22.8. The molecule has 25 atom stereocenters. The lowest BCUT2D eigenvalue weighted by Gasteiger charge is -2.58. The SMILES string of the molecule is CC1CCC2(OC1)OC1CC3C4CC=C5C[C@@H](O[C@@H]6OC(CO)[C@@H](O[C@@H]7O[C@@H](CO)[C@@H](O)C7O)[C@H](O)C6O[C@@H]6OC(C)[C@H](O)[C@H](O)C6O)CC[C@]5(C)C4CC[C@]3(C)C1C2C. The molecule has 342 valence electrons. The quantitative estimate of drug-likeness (QED) is 0.158. The van der Waals surface area contributed by atoms with E-state index < -0.39 is 105 Å². The topological polar surface area (TPSA) is 236 Å². The molecule has 9 aliphatic rings. The zero-order chi connectivity index (χ0) is 42.6. The van der Waals surface area contributed by atoms with E-state index in [9.17, 15) is 40.9 Å². The third-order valence-corrected chi connectivity index (χ3v) is 17.3. The van der Waals surface area contributed by atoms with Gasteiger partial charge in [-0.2, -0.15) is 0 Å². The summed E-state index contributed by atoms with van der Waals surface area (Å²) in [6.45, 7) is 10.7. The van der Waals surface area contributed by atoms with Gasteiger partial charge in [-0.1, -0.05) is 39.3 Å². The number of aliphatic hydroxyl groups excluding tert-OH is 8. The molecule has 3 saturated carbocycles. The number of ether oxygens (including phenoxy) is 8. The van der Waals surface area contributed by atoms with Crippen LogP contribution in [0.3, 0.4) is 0 Å². The molecule has 0 radical (unpaired) electrons. The smallest absolute Gasteiger partial charge is 0.187 e. The van der Waals surface area contributed by atoms with Crippen LogP contribution in [0.5, 0.6) is 0 Å². The van der Waals surface area contributed by atoms with Gasteiger partial charge in [-0.3, -0.25) is 0 Å². The van der Waals surface area contributed by atoms with Crippen molar-refractivity contribution in [2.75, 3.05) is 19.8 Å². The van der Waals surface area contributed by atoms with E-state index >= 15 is 0 Å². The molecule has 5 saturated heterocycles. The third-order valence-electron chi connectivity index (χ3n) is 17.3. The molecule has 9 rings (SSSR count). The zero-order valence-electron chi connectivity index (χ0n) is 35.6. The summed E-state index contributed by atoms with van der Waals surface area (Å²) >= 11 is 0. The van der Waals surface area contributed by atoms with Crippen LogP contribution >= 0.6 is 0 Å². The van der Waals surface area contributed by atoms with Crippen LogP contribution in [0.2, 0.25) is 0 Å². The van der Waals surface area contributed by atoms with Crippen LogP contribution < -0.4 is 0 Å². The molecule has 4 aliphatic carbocycles. The van der Waals surface area contributed by atoms with Gasteiger partial charge in [0.05, 0.1) is 38.1 Å². The van der Waals surface area contributed by atoms with Crippen molar-refractivity contribution < 1.29 is 78.7 Å². The largest absolute Gasteiger partial charge is 0.394 e. The predicted molar refractivity (Wildman–Crippen MR) is 208 cm³/mol. The normalized spacial score (nSPS) is 57.7. The minimum absolute atomic E-state index is 0.0141. The van der Waals surface area contributed by atoms with Gasteiger partial charge in [0.2, 0.25) is 0 Å². The van der Waals surface area contributed by atoms with Gasteiger partial charge in [0.15, 0.2) is 24.7 Å². The van der Waals surface area contributed by atoms with Crippen LogP contribution in [0.4, 0.5) is 0 Å². The fourth-order valence-electron chi connectivity index (χ4n) is 13.8. The van der Waals surface area contributed by atoms with Crippen molar-refractivity contribution in [1.82, 2.24) is 0 Å². The van der Waals surface area contributed by atoms with Gasteiger partial charge in [-0.25, -0.2) is 0 Å². The molecule has 5 heterocycles. The van der Waals surface area contributed by atoms with E-state index in [-0.39, 0.29) is 23.0 Å². The number of hydrogen-bond acceptors (Lipinski definition) is 16. The van der Waals surface area contributed by atoms with E-state index in [2.05, 4.69) is 33.8 Å². The van der Waals surface area contributed by atoms with Crippen molar-refractivity contribution >= 4 is 0 Å². The molecule has 8 N–H and O–H groups in total. The molecule has 8 fully saturated rings. The Morgan fingerprint density at radius 2 is 1.40 bits per heavy atom. The van der Waals surface area contributed by atoms with Crippen LogP contribution in [-0.2, 0) is 37.9 Å². The average Bonchev–Trinajstić information content (AvgIpc) is 3.79. The molecule has 0 aromatic carbocycles. The van der Waals surface area contributed by atoms with Gasteiger partial charge in [0.25, 0.3) is 0 Å². The molecule has 16 heteroatoms. The van der Waals surface area contributed by atoms with Gasteiger partial charge >= 0.3 is 0 Å². The van der Waals surface area contributed by atoms with E-state index in [4.69, 9.17) is 37.9 Å². The second-order valence-electron chi connectivity index (χ2n) is 20.6. The van der Waals surface area contributed by atoms with Gasteiger partial charge in [0.1, 0.15) is 61.0 Å². The van der Waals surface area contributed by atoms with Gasteiger partial charge in [-0.15, -0.1) is 0 Å². The molecule has 13 unspecified atom stereocenters.